The van der Waals surface area contributed by atoms with E-state index in [-0.39, 0.29) is 24.5 Å². The Morgan fingerprint density at radius 1 is 1.26 bits per heavy atom. The van der Waals surface area contributed by atoms with Crippen LogP contribution in [-0.4, -0.2) is 61.8 Å². The fraction of sp³-hybridized carbons (Fsp3) is 0.875. The standard InChI is InChI=1S/C16H29FN4O2/c1-12(15(22)18-8-7-17)19-16(23)20-14-6-9-21(11-14)10-13-4-2-3-5-13/h12-14H,2-11H2,1H3,(H,18,22)(H2,19,20,23). The zero-order valence-electron chi connectivity index (χ0n) is 13.9. The van der Waals surface area contributed by atoms with Gasteiger partial charge in [0.15, 0.2) is 0 Å². The fourth-order valence-electron chi connectivity index (χ4n) is 3.49. The summed E-state index contributed by atoms with van der Waals surface area (Å²) in [5.41, 5.74) is 0. The van der Waals surface area contributed by atoms with E-state index in [1.807, 2.05) is 0 Å². The van der Waals surface area contributed by atoms with Gasteiger partial charge in [0, 0.05) is 32.2 Å². The zero-order valence-corrected chi connectivity index (χ0v) is 13.9. The topological polar surface area (TPSA) is 73.5 Å². The molecule has 0 aromatic heterocycles. The van der Waals surface area contributed by atoms with Crippen molar-refractivity contribution in [2.45, 2.75) is 51.1 Å². The first-order chi connectivity index (χ1) is 11.1. The molecule has 3 amide bonds. The Bertz CT molecular complexity index is 402. The van der Waals surface area contributed by atoms with E-state index in [2.05, 4.69) is 20.9 Å². The second-order valence-electron chi connectivity index (χ2n) is 6.72. The van der Waals surface area contributed by atoms with Crippen LogP contribution in [0.5, 0.6) is 0 Å². The molecule has 2 rings (SSSR count). The largest absolute Gasteiger partial charge is 0.352 e. The van der Waals surface area contributed by atoms with Gasteiger partial charge >= 0.3 is 6.03 Å². The minimum absolute atomic E-state index is 0.0226. The van der Waals surface area contributed by atoms with E-state index in [1.54, 1.807) is 6.92 Å². The van der Waals surface area contributed by atoms with Crippen molar-refractivity contribution in [1.29, 1.82) is 0 Å². The number of amides is 3. The molecule has 2 fully saturated rings. The highest BCUT2D eigenvalue weighted by Gasteiger charge is 2.27. The van der Waals surface area contributed by atoms with Crippen LogP contribution in [0.3, 0.4) is 0 Å². The van der Waals surface area contributed by atoms with Gasteiger partial charge in [0.2, 0.25) is 5.91 Å². The molecule has 132 valence electrons. The van der Waals surface area contributed by atoms with Crippen LogP contribution in [0.15, 0.2) is 0 Å². The Hall–Kier alpha value is -1.37. The van der Waals surface area contributed by atoms with Gasteiger partial charge in [-0.2, -0.15) is 0 Å². The molecule has 2 atom stereocenters. The SMILES string of the molecule is CC(NC(=O)NC1CCN(CC2CCCC2)C1)C(=O)NCCF. The van der Waals surface area contributed by atoms with Crippen LogP contribution in [0, 0.1) is 5.92 Å². The lowest BCUT2D eigenvalue weighted by Crippen LogP contribution is -2.51. The molecule has 0 aromatic carbocycles. The van der Waals surface area contributed by atoms with Gasteiger partial charge in [0.1, 0.15) is 12.7 Å². The molecule has 2 unspecified atom stereocenters. The first-order valence-corrected chi connectivity index (χ1v) is 8.71. The Balaban J connectivity index is 1.64. The monoisotopic (exact) mass is 328 g/mol. The first-order valence-electron chi connectivity index (χ1n) is 8.71. The molecule has 23 heavy (non-hydrogen) atoms. The summed E-state index contributed by atoms with van der Waals surface area (Å²) in [6.07, 6.45) is 6.32. The van der Waals surface area contributed by atoms with Crippen molar-refractivity contribution in [2.75, 3.05) is 32.9 Å². The maximum atomic E-state index is 12.0. The summed E-state index contributed by atoms with van der Waals surface area (Å²) < 4.78 is 12.0. The molecule has 0 aromatic rings. The quantitative estimate of drug-likeness (QED) is 0.653. The summed E-state index contributed by atoms with van der Waals surface area (Å²) in [7, 11) is 0. The predicted molar refractivity (Wildman–Crippen MR) is 86.9 cm³/mol. The van der Waals surface area contributed by atoms with Crippen LogP contribution >= 0.6 is 0 Å². The number of urea groups is 1. The number of nitrogens with one attached hydrogen (secondary N) is 3. The minimum atomic E-state index is -0.669. The van der Waals surface area contributed by atoms with Crippen LogP contribution in [0.25, 0.3) is 0 Å². The van der Waals surface area contributed by atoms with Crippen molar-refractivity contribution in [3.8, 4) is 0 Å². The van der Waals surface area contributed by atoms with Gasteiger partial charge in [-0.1, -0.05) is 12.8 Å². The molecule has 3 N–H and O–H groups in total. The fourth-order valence-corrected chi connectivity index (χ4v) is 3.49. The number of likely N-dealkylation sites (tertiary alicyclic amines) is 1. The summed E-state index contributed by atoms with van der Waals surface area (Å²) in [5.74, 6) is 0.453. The van der Waals surface area contributed by atoms with Gasteiger partial charge in [-0.05, 0) is 32.1 Å². The molecule has 1 saturated heterocycles. The second kappa shape index (κ2) is 9.05. The Labute approximate surface area is 137 Å². The molecular weight excluding hydrogens is 299 g/mol. The highest BCUT2D eigenvalue weighted by Crippen LogP contribution is 2.26. The van der Waals surface area contributed by atoms with E-state index in [1.165, 1.54) is 25.7 Å². The molecule has 1 aliphatic heterocycles. The van der Waals surface area contributed by atoms with E-state index in [0.717, 1.165) is 32.0 Å². The Morgan fingerprint density at radius 2 is 2.00 bits per heavy atom. The van der Waals surface area contributed by atoms with Gasteiger partial charge < -0.3 is 20.9 Å². The summed E-state index contributed by atoms with van der Waals surface area (Å²) >= 11 is 0. The molecule has 0 radical (unpaired) electrons. The Morgan fingerprint density at radius 3 is 2.70 bits per heavy atom. The molecule has 1 saturated carbocycles. The average molecular weight is 328 g/mol. The van der Waals surface area contributed by atoms with E-state index in [9.17, 15) is 14.0 Å². The van der Waals surface area contributed by atoms with Crippen molar-refractivity contribution < 1.29 is 14.0 Å². The third-order valence-electron chi connectivity index (χ3n) is 4.73. The molecule has 0 spiro atoms. The second-order valence-corrected chi connectivity index (χ2v) is 6.72. The lowest BCUT2D eigenvalue weighted by Gasteiger charge is -2.21. The number of hydrogen-bond acceptors (Lipinski definition) is 3. The zero-order chi connectivity index (χ0) is 16.7. The van der Waals surface area contributed by atoms with E-state index in [4.69, 9.17) is 0 Å². The van der Waals surface area contributed by atoms with Crippen molar-refractivity contribution in [3.63, 3.8) is 0 Å². The number of alkyl halides is 1. The van der Waals surface area contributed by atoms with Crippen molar-refractivity contribution in [1.82, 2.24) is 20.9 Å². The summed E-state index contributed by atoms with van der Waals surface area (Å²) in [6, 6.07) is -0.865. The summed E-state index contributed by atoms with van der Waals surface area (Å²) in [6.45, 7) is 4.01. The average Bonchev–Trinajstić information content (AvgIpc) is 3.17. The van der Waals surface area contributed by atoms with Gasteiger partial charge in [-0.25, -0.2) is 9.18 Å². The van der Waals surface area contributed by atoms with Crippen molar-refractivity contribution in [2.24, 2.45) is 5.92 Å². The van der Waals surface area contributed by atoms with Crippen LogP contribution in [0.1, 0.15) is 39.0 Å². The number of carbonyl (C=O) groups excluding carboxylic acids is 2. The van der Waals surface area contributed by atoms with Crippen LogP contribution in [0.4, 0.5) is 9.18 Å². The normalized spacial score (nSPS) is 23.7. The molecule has 0 bridgehead atoms. The van der Waals surface area contributed by atoms with Gasteiger partial charge in [-0.3, -0.25) is 4.79 Å². The van der Waals surface area contributed by atoms with Gasteiger partial charge in [0.05, 0.1) is 0 Å². The molecule has 1 heterocycles. The number of halogens is 1. The lowest BCUT2D eigenvalue weighted by atomic mass is 10.1. The van der Waals surface area contributed by atoms with E-state index >= 15 is 0 Å². The minimum Gasteiger partial charge on any atom is -0.352 e. The summed E-state index contributed by atoms with van der Waals surface area (Å²) in [5, 5.41) is 7.94. The first kappa shape index (κ1) is 18.0. The highest BCUT2D eigenvalue weighted by atomic mass is 19.1. The van der Waals surface area contributed by atoms with E-state index in [0.29, 0.717) is 0 Å². The third kappa shape index (κ3) is 5.97. The predicted octanol–water partition coefficient (Wildman–Crippen LogP) is 1.02. The maximum Gasteiger partial charge on any atom is 0.315 e. The van der Waals surface area contributed by atoms with E-state index < -0.39 is 12.7 Å². The molecule has 6 nitrogen and oxygen atoms in total. The highest BCUT2D eigenvalue weighted by molar-refractivity contribution is 5.86. The molecule has 7 heteroatoms. The molecule has 2 aliphatic rings. The molecule has 1 aliphatic carbocycles. The Kier molecular flexibility index (Phi) is 7.08. The third-order valence-corrected chi connectivity index (χ3v) is 4.73. The van der Waals surface area contributed by atoms with Gasteiger partial charge in [-0.15, -0.1) is 0 Å². The smallest absolute Gasteiger partial charge is 0.315 e. The summed E-state index contributed by atoms with van der Waals surface area (Å²) in [4.78, 5) is 26.0. The van der Waals surface area contributed by atoms with Crippen molar-refractivity contribution in [3.05, 3.63) is 0 Å². The van der Waals surface area contributed by atoms with Crippen LogP contribution < -0.4 is 16.0 Å². The van der Waals surface area contributed by atoms with Crippen molar-refractivity contribution >= 4 is 11.9 Å². The number of nitrogens with zero attached hydrogens (tertiary/aromatic N) is 1. The number of carbonyl (C=O) groups is 2. The lowest BCUT2D eigenvalue weighted by molar-refractivity contribution is -0.122. The van der Waals surface area contributed by atoms with Gasteiger partial charge in [0.25, 0.3) is 0 Å². The van der Waals surface area contributed by atoms with Crippen LogP contribution in [0.2, 0.25) is 0 Å². The maximum absolute atomic E-state index is 12.0. The molecular formula is C16H29FN4O2. The number of rotatable bonds is 7. The number of hydrogen-bond donors (Lipinski definition) is 3. The van der Waals surface area contributed by atoms with Crippen LogP contribution in [-0.2, 0) is 4.79 Å².